The molecule has 0 aliphatic heterocycles. The van der Waals surface area contributed by atoms with E-state index in [0.717, 1.165) is 31.4 Å². The van der Waals surface area contributed by atoms with Crippen LogP contribution in [0.5, 0.6) is 17.2 Å². The van der Waals surface area contributed by atoms with Crippen LogP contribution in [0.25, 0.3) is 10.8 Å². The Kier molecular flexibility index (Phi) is 4.55. The lowest BCUT2D eigenvalue weighted by Crippen LogP contribution is -1.98. The second kappa shape index (κ2) is 6.18. The molecule has 0 amide bonds. The fourth-order valence-corrected chi connectivity index (χ4v) is 3.04. The molecule has 0 aliphatic rings. The number of nitriles is 1. The first kappa shape index (κ1) is 14.7. The third-order valence-corrected chi connectivity index (χ3v) is 4.29. The van der Waals surface area contributed by atoms with Crippen molar-refractivity contribution in [3.63, 3.8) is 0 Å². The van der Waals surface area contributed by atoms with Crippen molar-refractivity contribution in [2.75, 3.05) is 21.3 Å². The van der Waals surface area contributed by atoms with Crippen molar-refractivity contribution in [1.29, 1.82) is 5.26 Å². The standard InChI is InChI=1S/C15H14INO3/c1-18-11-4-5-12(19-2)13-10(11)8-9(6-7-17)14(16)15(13)20-3/h4-5,8H,6H2,1-3H3. The van der Waals surface area contributed by atoms with Gasteiger partial charge in [0.15, 0.2) is 0 Å². The summed E-state index contributed by atoms with van der Waals surface area (Å²) in [6.07, 6.45) is 0.324. The highest BCUT2D eigenvalue weighted by Crippen LogP contribution is 2.43. The van der Waals surface area contributed by atoms with E-state index >= 15 is 0 Å². The molecule has 104 valence electrons. The zero-order valence-corrected chi connectivity index (χ0v) is 13.6. The fraction of sp³-hybridized carbons (Fsp3) is 0.267. The molecule has 20 heavy (non-hydrogen) atoms. The Morgan fingerprint density at radius 3 is 2.30 bits per heavy atom. The number of methoxy groups -OCH3 is 3. The van der Waals surface area contributed by atoms with Gasteiger partial charge in [-0.05, 0) is 46.4 Å². The maximum absolute atomic E-state index is 8.96. The fourth-order valence-electron chi connectivity index (χ4n) is 2.20. The van der Waals surface area contributed by atoms with Crippen molar-refractivity contribution >= 4 is 33.4 Å². The first-order chi connectivity index (χ1) is 9.67. The molecule has 0 radical (unpaired) electrons. The Hall–Kier alpha value is -1.68. The van der Waals surface area contributed by atoms with Crippen LogP contribution in [0, 0.1) is 14.9 Å². The van der Waals surface area contributed by atoms with Gasteiger partial charge in [-0.2, -0.15) is 5.26 Å². The summed E-state index contributed by atoms with van der Waals surface area (Å²) in [4.78, 5) is 0. The molecule has 0 aromatic heterocycles. The minimum absolute atomic E-state index is 0.324. The highest BCUT2D eigenvalue weighted by Gasteiger charge is 2.18. The number of nitrogens with zero attached hydrogens (tertiary/aromatic N) is 1. The van der Waals surface area contributed by atoms with Crippen molar-refractivity contribution in [2.24, 2.45) is 0 Å². The summed E-state index contributed by atoms with van der Waals surface area (Å²) < 4.78 is 17.3. The minimum atomic E-state index is 0.324. The van der Waals surface area contributed by atoms with E-state index in [9.17, 15) is 0 Å². The van der Waals surface area contributed by atoms with Crippen LogP contribution in [0.15, 0.2) is 18.2 Å². The number of benzene rings is 2. The Labute approximate surface area is 131 Å². The van der Waals surface area contributed by atoms with Gasteiger partial charge in [-0.1, -0.05) is 0 Å². The summed E-state index contributed by atoms with van der Waals surface area (Å²) in [5.74, 6) is 2.16. The van der Waals surface area contributed by atoms with Crippen molar-refractivity contribution in [1.82, 2.24) is 0 Å². The normalized spacial score (nSPS) is 10.2. The summed E-state index contributed by atoms with van der Waals surface area (Å²) in [5, 5.41) is 10.7. The molecule has 0 aliphatic carbocycles. The van der Waals surface area contributed by atoms with Gasteiger partial charge in [0.1, 0.15) is 17.2 Å². The Balaban J connectivity index is 2.93. The van der Waals surface area contributed by atoms with E-state index in [0.29, 0.717) is 12.2 Å². The predicted molar refractivity (Wildman–Crippen MR) is 85.6 cm³/mol. The van der Waals surface area contributed by atoms with Gasteiger partial charge in [0.2, 0.25) is 0 Å². The van der Waals surface area contributed by atoms with E-state index in [1.165, 1.54) is 0 Å². The number of fused-ring (bicyclic) bond motifs is 1. The number of rotatable bonds is 4. The van der Waals surface area contributed by atoms with Crippen molar-refractivity contribution in [3.05, 3.63) is 27.3 Å². The molecule has 5 heteroatoms. The average molecular weight is 383 g/mol. The third kappa shape index (κ3) is 2.36. The molecule has 0 atom stereocenters. The molecule has 0 heterocycles. The SMILES string of the molecule is COc1ccc(OC)c2c(OC)c(I)c(CC#N)cc12. The van der Waals surface area contributed by atoms with Crippen LogP contribution < -0.4 is 14.2 Å². The van der Waals surface area contributed by atoms with Crippen LogP contribution in [0.2, 0.25) is 0 Å². The topological polar surface area (TPSA) is 51.5 Å². The van der Waals surface area contributed by atoms with Crippen LogP contribution in [-0.2, 0) is 6.42 Å². The van der Waals surface area contributed by atoms with E-state index in [4.69, 9.17) is 19.5 Å². The lowest BCUT2D eigenvalue weighted by Gasteiger charge is -2.16. The van der Waals surface area contributed by atoms with Crippen LogP contribution in [0.4, 0.5) is 0 Å². The van der Waals surface area contributed by atoms with Gasteiger partial charge in [-0.15, -0.1) is 0 Å². The molecule has 0 spiro atoms. The van der Waals surface area contributed by atoms with Crippen LogP contribution in [0.3, 0.4) is 0 Å². The molecular weight excluding hydrogens is 369 g/mol. The quantitative estimate of drug-likeness (QED) is 0.758. The molecule has 4 nitrogen and oxygen atoms in total. The molecular formula is C15H14INO3. The molecule has 2 aromatic carbocycles. The van der Waals surface area contributed by atoms with Crippen LogP contribution >= 0.6 is 22.6 Å². The van der Waals surface area contributed by atoms with Gasteiger partial charge < -0.3 is 14.2 Å². The smallest absolute Gasteiger partial charge is 0.144 e. The zero-order valence-electron chi connectivity index (χ0n) is 11.5. The number of hydrogen-bond acceptors (Lipinski definition) is 4. The Morgan fingerprint density at radius 1 is 1.10 bits per heavy atom. The number of hydrogen-bond donors (Lipinski definition) is 0. The summed E-state index contributed by atoms with van der Waals surface area (Å²) in [6, 6.07) is 7.84. The molecule has 0 unspecified atom stereocenters. The maximum Gasteiger partial charge on any atom is 0.144 e. The van der Waals surface area contributed by atoms with Crippen molar-refractivity contribution in [2.45, 2.75) is 6.42 Å². The van der Waals surface area contributed by atoms with Crippen molar-refractivity contribution in [3.8, 4) is 23.3 Å². The van der Waals surface area contributed by atoms with Gasteiger partial charge >= 0.3 is 0 Å². The first-order valence-electron chi connectivity index (χ1n) is 5.94. The number of ether oxygens (including phenoxy) is 3. The van der Waals surface area contributed by atoms with Crippen molar-refractivity contribution < 1.29 is 14.2 Å². The second-order valence-corrected chi connectivity index (χ2v) is 5.19. The lowest BCUT2D eigenvalue weighted by atomic mass is 10.0. The third-order valence-electron chi connectivity index (χ3n) is 3.11. The van der Waals surface area contributed by atoms with E-state index in [2.05, 4.69) is 28.7 Å². The Morgan fingerprint density at radius 2 is 1.75 bits per heavy atom. The predicted octanol–water partition coefficient (Wildman–Crippen LogP) is 3.54. The lowest BCUT2D eigenvalue weighted by molar-refractivity contribution is 0.399. The maximum atomic E-state index is 8.96. The Bertz CT molecular complexity index is 692. The first-order valence-corrected chi connectivity index (χ1v) is 7.02. The monoisotopic (exact) mass is 383 g/mol. The molecule has 0 saturated carbocycles. The van der Waals surface area contributed by atoms with E-state index in [1.807, 2.05) is 18.2 Å². The summed E-state index contributed by atoms with van der Waals surface area (Å²) in [7, 11) is 4.86. The van der Waals surface area contributed by atoms with Crippen LogP contribution in [-0.4, -0.2) is 21.3 Å². The second-order valence-electron chi connectivity index (χ2n) is 4.11. The van der Waals surface area contributed by atoms with Gasteiger partial charge in [0.05, 0.1) is 42.8 Å². The minimum Gasteiger partial charge on any atom is -0.496 e. The summed E-state index contributed by atoms with van der Waals surface area (Å²) in [5.41, 5.74) is 0.920. The summed E-state index contributed by atoms with van der Waals surface area (Å²) in [6.45, 7) is 0. The zero-order chi connectivity index (χ0) is 14.7. The highest BCUT2D eigenvalue weighted by atomic mass is 127. The van der Waals surface area contributed by atoms with Gasteiger partial charge in [-0.25, -0.2) is 0 Å². The molecule has 2 aromatic rings. The van der Waals surface area contributed by atoms with Gasteiger partial charge in [-0.3, -0.25) is 0 Å². The van der Waals surface area contributed by atoms with Gasteiger partial charge in [0, 0.05) is 5.39 Å². The van der Waals surface area contributed by atoms with E-state index in [-0.39, 0.29) is 0 Å². The number of halogens is 1. The van der Waals surface area contributed by atoms with E-state index in [1.54, 1.807) is 21.3 Å². The highest BCUT2D eigenvalue weighted by molar-refractivity contribution is 14.1. The molecule has 0 fully saturated rings. The summed E-state index contributed by atoms with van der Waals surface area (Å²) >= 11 is 2.20. The molecule has 2 rings (SSSR count). The average Bonchev–Trinajstić information content (AvgIpc) is 2.47. The largest absolute Gasteiger partial charge is 0.496 e. The van der Waals surface area contributed by atoms with Gasteiger partial charge in [0.25, 0.3) is 0 Å². The van der Waals surface area contributed by atoms with Crippen LogP contribution in [0.1, 0.15) is 5.56 Å². The molecule has 0 bridgehead atoms. The van der Waals surface area contributed by atoms with E-state index < -0.39 is 0 Å². The molecule has 0 saturated heterocycles. The molecule has 0 N–H and O–H groups in total.